The summed E-state index contributed by atoms with van der Waals surface area (Å²) in [5.41, 5.74) is 4.14. The zero-order chi connectivity index (χ0) is 21.0. The van der Waals surface area contributed by atoms with E-state index in [1.165, 1.54) is 18.7 Å². The first-order chi connectivity index (χ1) is 13.1. The summed E-state index contributed by atoms with van der Waals surface area (Å²) in [6, 6.07) is 8.72. The van der Waals surface area contributed by atoms with Crippen LogP contribution in [0.3, 0.4) is 0 Å². The smallest absolute Gasteiger partial charge is 0.326 e. The van der Waals surface area contributed by atoms with E-state index in [9.17, 15) is 19.5 Å². The number of hydrogen-bond acceptors (Lipinski definition) is 3. The average Bonchev–Trinajstić information content (AvgIpc) is 2.91. The summed E-state index contributed by atoms with van der Waals surface area (Å²) in [5, 5.41) is 12.0. The Hall–Kier alpha value is -3.09. The van der Waals surface area contributed by atoms with Crippen LogP contribution in [-0.4, -0.2) is 51.5 Å². The lowest BCUT2D eigenvalue weighted by Gasteiger charge is -2.26. The molecule has 2 aromatic rings. The Labute approximate surface area is 165 Å². The molecule has 1 atom stereocenters. The number of nitrogens with one attached hydrogen (secondary N) is 1. The van der Waals surface area contributed by atoms with Gasteiger partial charge in [0.2, 0.25) is 5.91 Å². The maximum Gasteiger partial charge on any atom is 0.326 e. The highest BCUT2D eigenvalue weighted by Gasteiger charge is 2.29. The Morgan fingerprint density at radius 1 is 1.18 bits per heavy atom. The molecule has 7 heteroatoms. The number of rotatable bonds is 7. The van der Waals surface area contributed by atoms with E-state index in [0.29, 0.717) is 5.56 Å². The maximum absolute atomic E-state index is 13.2. The fourth-order valence-corrected chi connectivity index (χ4v) is 3.26. The van der Waals surface area contributed by atoms with Gasteiger partial charge in [0.15, 0.2) is 0 Å². The highest BCUT2D eigenvalue weighted by atomic mass is 16.4. The van der Waals surface area contributed by atoms with Gasteiger partial charge in [0.1, 0.15) is 6.04 Å². The lowest BCUT2D eigenvalue weighted by atomic mass is 10.1. The lowest BCUT2D eigenvalue weighted by Crippen LogP contribution is -2.46. The van der Waals surface area contributed by atoms with E-state index in [1.807, 2.05) is 49.6 Å². The molecule has 150 valence electrons. The third-order valence-electron chi connectivity index (χ3n) is 4.73. The van der Waals surface area contributed by atoms with Crippen molar-refractivity contribution in [1.29, 1.82) is 0 Å². The van der Waals surface area contributed by atoms with Crippen LogP contribution < -0.4 is 5.32 Å². The number of carbonyl (C=O) groups excluding carboxylic acids is 2. The summed E-state index contributed by atoms with van der Waals surface area (Å²) in [6.45, 7) is 8.90. The molecule has 2 N–H and O–H groups in total. The molecule has 0 aliphatic rings. The molecule has 0 bridgehead atoms. The molecule has 1 aromatic carbocycles. The highest BCUT2D eigenvalue weighted by Crippen LogP contribution is 2.23. The summed E-state index contributed by atoms with van der Waals surface area (Å²) in [5.74, 6) is -1.69. The predicted octanol–water partition coefficient (Wildman–Crippen LogP) is 2.45. The molecule has 28 heavy (non-hydrogen) atoms. The molecule has 1 unspecified atom stereocenters. The fraction of sp³-hybridized carbons (Fsp3) is 0.381. The van der Waals surface area contributed by atoms with Crippen LogP contribution in [0.2, 0.25) is 0 Å². The number of nitrogens with zero attached hydrogens (tertiary/aromatic N) is 2. The van der Waals surface area contributed by atoms with Crippen molar-refractivity contribution < 1.29 is 19.5 Å². The van der Waals surface area contributed by atoms with Crippen molar-refractivity contribution in [2.75, 3.05) is 13.1 Å². The molecule has 7 nitrogen and oxygen atoms in total. The number of aryl methyl sites for hydroxylation is 2. The maximum atomic E-state index is 13.2. The second kappa shape index (κ2) is 8.73. The first-order valence-corrected chi connectivity index (χ1v) is 9.17. The highest BCUT2D eigenvalue weighted by molar-refractivity contribution is 5.98. The van der Waals surface area contributed by atoms with E-state index in [-0.39, 0.29) is 24.9 Å². The topological polar surface area (TPSA) is 91.6 Å². The van der Waals surface area contributed by atoms with Crippen LogP contribution >= 0.6 is 0 Å². The largest absolute Gasteiger partial charge is 0.480 e. The van der Waals surface area contributed by atoms with Gasteiger partial charge < -0.3 is 19.9 Å². The predicted molar refractivity (Wildman–Crippen MR) is 107 cm³/mol. The third-order valence-corrected chi connectivity index (χ3v) is 4.73. The van der Waals surface area contributed by atoms with E-state index in [1.54, 1.807) is 6.07 Å². The zero-order valence-electron chi connectivity index (χ0n) is 16.9. The molecule has 0 spiro atoms. The van der Waals surface area contributed by atoms with Crippen molar-refractivity contribution in [1.82, 2.24) is 14.8 Å². The van der Waals surface area contributed by atoms with Gasteiger partial charge in [-0.05, 0) is 51.5 Å². The van der Waals surface area contributed by atoms with E-state index >= 15 is 0 Å². The van der Waals surface area contributed by atoms with Crippen molar-refractivity contribution in [3.8, 4) is 5.69 Å². The summed E-state index contributed by atoms with van der Waals surface area (Å²) in [4.78, 5) is 37.1. The Morgan fingerprint density at radius 3 is 2.43 bits per heavy atom. The number of carboxylic acid groups (broad SMARTS) is 1. The molecular weight excluding hydrogens is 358 g/mol. The van der Waals surface area contributed by atoms with Gasteiger partial charge in [0, 0.05) is 37.1 Å². The number of aliphatic carboxylic acids is 1. The van der Waals surface area contributed by atoms with Gasteiger partial charge in [0.25, 0.3) is 5.91 Å². The van der Waals surface area contributed by atoms with Crippen molar-refractivity contribution >= 4 is 17.8 Å². The van der Waals surface area contributed by atoms with Crippen LogP contribution in [0.4, 0.5) is 0 Å². The minimum atomic E-state index is -1.09. The first-order valence-electron chi connectivity index (χ1n) is 9.17. The van der Waals surface area contributed by atoms with Crippen molar-refractivity contribution in [2.24, 2.45) is 0 Å². The molecule has 2 rings (SSSR count). The van der Waals surface area contributed by atoms with Gasteiger partial charge in [-0.3, -0.25) is 9.59 Å². The van der Waals surface area contributed by atoms with Crippen molar-refractivity contribution in [3.63, 3.8) is 0 Å². The fourth-order valence-electron chi connectivity index (χ4n) is 3.26. The standard InChI is InChI=1S/C21H27N3O4/c1-13-7-6-8-18(11-13)24-14(2)12-19(15(24)3)20(26)23(16(4)21(27)28)10-9-22-17(5)25/h6-8,11-12,16H,9-10H2,1-5H3,(H,22,25)(H,27,28). The van der Waals surface area contributed by atoms with Crippen molar-refractivity contribution in [3.05, 3.63) is 52.8 Å². The van der Waals surface area contributed by atoms with Crippen LogP contribution in [0, 0.1) is 20.8 Å². The Morgan fingerprint density at radius 2 is 1.86 bits per heavy atom. The van der Waals surface area contributed by atoms with Crippen LogP contribution in [0.1, 0.15) is 41.2 Å². The molecule has 2 amide bonds. The molecule has 0 aliphatic heterocycles. The Kier molecular flexibility index (Phi) is 6.62. The van der Waals surface area contributed by atoms with E-state index in [4.69, 9.17) is 0 Å². The van der Waals surface area contributed by atoms with E-state index < -0.39 is 12.0 Å². The second-order valence-electron chi connectivity index (χ2n) is 6.95. The number of carboxylic acids is 1. The average molecular weight is 385 g/mol. The molecule has 1 heterocycles. The quantitative estimate of drug-likeness (QED) is 0.766. The number of benzene rings is 1. The number of carbonyl (C=O) groups is 3. The summed E-state index contributed by atoms with van der Waals surface area (Å²) in [6.07, 6.45) is 0. The van der Waals surface area contributed by atoms with Crippen LogP contribution in [0.25, 0.3) is 5.69 Å². The van der Waals surface area contributed by atoms with Crippen LogP contribution in [0.15, 0.2) is 30.3 Å². The van der Waals surface area contributed by atoms with Gasteiger partial charge >= 0.3 is 5.97 Å². The molecule has 0 saturated carbocycles. The molecule has 0 aliphatic carbocycles. The Bertz CT molecular complexity index is 901. The van der Waals surface area contributed by atoms with Gasteiger partial charge in [-0.2, -0.15) is 0 Å². The zero-order valence-corrected chi connectivity index (χ0v) is 16.9. The summed E-state index contributed by atoms with van der Waals surface area (Å²) in [7, 11) is 0. The summed E-state index contributed by atoms with van der Waals surface area (Å²) < 4.78 is 1.98. The number of aromatic nitrogens is 1. The Balaban J connectivity index is 2.40. The normalized spacial score (nSPS) is 11.8. The molecule has 0 radical (unpaired) electrons. The van der Waals surface area contributed by atoms with E-state index in [0.717, 1.165) is 22.6 Å². The minimum absolute atomic E-state index is 0.111. The molecule has 0 saturated heterocycles. The third kappa shape index (κ3) is 4.60. The number of amides is 2. The number of hydrogen-bond donors (Lipinski definition) is 2. The minimum Gasteiger partial charge on any atom is -0.480 e. The van der Waals surface area contributed by atoms with Crippen LogP contribution in [-0.2, 0) is 9.59 Å². The van der Waals surface area contributed by atoms with Gasteiger partial charge in [0.05, 0.1) is 5.56 Å². The van der Waals surface area contributed by atoms with Crippen LogP contribution in [0.5, 0.6) is 0 Å². The summed E-state index contributed by atoms with van der Waals surface area (Å²) >= 11 is 0. The van der Waals surface area contributed by atoms with Crippen molar-refractivity contribution in [2.45, 2.75) is 40.7 Å². The first kappa shape index (κ1) is 21.2. The van der Waals surface area contributed by atoms with Gasteiger partial charge in [-0.15, -0.1) is 0 Å². The van der Waals surface area contributed by atoms with E-state index in [2.05, 4.69) is 5.32 Å². The van der Waals surface area contributed by atoms with Gasteiger partial charge in [-0.25, -0.2) is 4.79 Å². The SMILES string of the molecule is CC(=O)NCCN(C(=O)c1cc(C)n(-c2cccc(C)c2)c1C)C(C)C(=O)O. The van der Waals surface area contributed by atoms with Gasteiger partial charge in [-0.1, -0.05) is 12.1 Å². The monoisotopic (exact) mass is 385 g/mol. The lowest BCUT2D eigenvalue weighted by molar-refractivity contribution is -0.141. The molecule has 1 aromatic heterocycles. The molecule has 0 fully saturated rings. The molecular formula is C21H27N3O4. The second-order valence-corrected chi connectivity index (χ2v) is 6.95.